The molecule has 1 heterocycles. The predicted molar refractivity (Wildman–Crippen MR) is 94.6 cm³/mol. The Balaban J connectivity index is 1.65. The maximum absolute atomic E-state index is 13.1. The summed E-state index contributed by atoms with van der Waals surface area (Å²) in [5, 5.41) is 7.35. The van der Waals surface area contributed by atoms with Crippen LogP contribution in [0.15, 0.2) is 18.2 Å². The van der Waals surface area contributed by atoms with Gasteiger partial charge in [0.05, 0.1) is 10.7 Å². The topological polar surface area (TPSA) is 37.0 Å². The standard InChI is InChI=1S/C15H15ClFN3S2/c1-8-2-5-12-13(6-8)22-15(19-12)20-14(21)18-9-3-4-11(17)10(16)7-9/h3-4,7-8H,2,5-6H2,1H3,(H2,18,19,20,21). The molecule has 1 aromatic heterocycles. The van der Waals surface area contributed by atoms with E-state index in [9.17, 15) is 4.39 Å². The highest BCUT2D eigenvalue weighted by atomic mass is 35.5. The second-order valence-corrected chi connectivity index (χ2v) is 7.34. The number of hydrogen-bond acceptors (Lipinski definition) is 3. The fourth-order valence-electron chi connectivity index (χ4n) is 2.43. The van der Waals surface area contributed by atoms with Crippen LogP contribution in [0.2, 0.25) is 5.02 Å². The number of aromatic nitrogens is 1. The first kappa shape index (κ1) is 15.6. The first-order valence-corrected chi connectivity index (χ1v) is 8.63. The normalized spacial score (nSPS) is 17.0. The minimum Gasteiger partial charge on any atom is -0.332 e. The van der Waals surface area contributed by atoms with Gasteiger partial charge in [-0.15, -0.1) is 11.3 Å². The van der Waals surface area contributed by atoms with Crippen molar-refractivity contribution in [3.8, 4) is 0 Å². The van der Waals surface area contributed by atoms with E-state index in [0.717, 1.165) is 18.0 Å². The predicted octanol–water partition coefficient (Wildman–Crippen LogP) is 4.87. The Kier molecular flexibility index (Phi) is 4.61. The Hall–Kier alpha value is -1.24. The summed E-state index contributed by atoms with van der Waals surface area (Å²) in [7, 11) is 0. The lowest BCUT2D eigenvalue weighted by molar-refractivity contribution is 0.502. The maximum atomic E-state index is 13.1. The van der Waals surface area contributed by atoms with Crippen molar-refractivity contribution in [2.24, 2.45) is 5.92 Å². The zero-order chi connectivity index (χ0) is 15.7. The van der Waals surface area contributed by atoms with Crippen LogP contribution in [0.1, 0.15) is 23.9 Å². The molecule has 116 valence electrons. The molecule has 3 nitrogen and oxygen atoms in total. The SMILES string of the molecule is CC1CCc2nc(NC(=S)Nc3ccc(F)c(Cl)c3)sc2C1. The number of rotatable bonds is 2. The third-order valence-corrected chi connectivity index (χ3v) is 5.11. The van der Waals surface area contributed by atoms with E-state index >= 15 is 0 Å². The minimum atomic E-state index is -0.451. The number of aryl methyl sites for hydroxylation is 1. The van der Waals surface area contributed by atoms with Crippen molar-refractivity contribution in [1.29, 1.82) is 0 Å². The van der Waals surface area contributed by atoms with E-state index in [0.29, 0.717) is 16.7 Å². The first-order valence-electron chi connectivity index (χ1n) is 7.03. The van der Waals surface area contributed by atoms with Crippen LogP contribution < -0.4 is 10.6 Å². The van der Waals surface area contributed by atoms with Crippen molar-refractivity contribution >= 4 is 51.1 Å². The van der Waals surface area contributed by atoms with E-state index in [1.165, 1.54) is 29.1 Å². The van der Waals surface area contributed by atoms with E-state index in [1.54, 1.807) is 17.4 Å². The van der Waals surface area contributed by atoms with Gasteiger partial charge in [0.25, 0.3) is 0 Å². The summed E-state index contributed by atoms with van der Waals surface area (Å²) in [6, 6.07) is 4.39. The molecule has 0 aliphatic heterocycles. The van der Waals surface area contributed by atoms with Crippen molar-refractivity contribution < 1.29 is 4.39 Å². The second kappa shape index (κ2) is 6.48. The van der Waals surface area contributed by atoms with Gasteiger partial charge >= 0.3 is 0 Å². The third-order valence-electron chi connectivity index (χ3n) is 3.58. The number of thiocarbonyl (C=S) groups is 1. The Labute approximate surface area is 142 Å². The van der Waals surface area contributed by atoms with Gasteiger partial charge in [-0.3, -0.25) is 0 Å². The molecule has 0 spiro atoms. The Morgan fingerprint density at radius 3 is 3.05 bits per heavy atom. The molecular formula is C15H15ClFN3S2. The summed E-state index contributed by atoms with van der Waals surface area (Å²) in [5.41, 5.74) is 1.82. The Morgan fingerprint density at radius 2 is 2.27 bits per heavy atom. The average Bonchev–Trinajstić information content (AvgIpc) is 2.84. The highest BCUT2D eigenvalue weighted by molar-refractivity contribution is 7.80. The van der Waals surface area contributed by atoms with Gasteiger partial charge in [0.15, 0.2) is 10.2 Å². The molecule has 0 fully saturated rings. The number of nitrogens with one attached hydrogen (secondary N) is 2. The average molecular weight is 356 g/mol. The van der Waals surface area contributed by atoms with Gasteiger partial charge < -0.3 is 10.6 Å². The van der Waals surface area contributed by atoms with E-state index in [1.807, 2.05) is 0 Å². The molecule has 2 N–H and O–H groups in total. The lowest BCUT2D eigenvalue weighted by Gasteiger charge is -2.15. The Bertz CT molecular complexity index is 717. The highest BCUT2D eigenvalue weighted by Crippen LogP contribution is 2.32. The summed E-state index contributed by atoms with van der Waals surface area (Å²) in [6.45, 7) is 2.26. The third kappa shape index (κ3) is 3.56. The molecule has 0 saturated heterocycles. The van der Waals surface area contributed by atoms with Gasteiger partial charge in [0, 0.05) is 10.6 Å². The van der Waals surface area contributed by atoms with Crippen molar-refractivity contribution in [2.75, 3.05) is 10.6 Å². The van der Waals surface area contributed by atoms with Gasteiger partial charge in [-0.2, -0.15) is 0 Å². The fourth-order valence-corrected chi connectivity index (χ4v) is 4.06. The zero-order valence-corrected chi connectivity index (χ0v) is 14.3. The van der Waals surface area contributed by atoms with E-state index in [-0.39, 0.29) is 5.02 Å². The molecule has 1 atom stereocenters. The molecule has 1 aliphatic rings. The number of anilines is 2. The summed E-state index contributed by atoms with van der Waals surface area (Å²) < 4.78 is 13.1. The highest BCUT2D eigenvalue weighted by Gasteiger charge is 2.20. The van der Waals surface area contributed by atoms with Gasteiger partial charge in [0.1, 0.15) is 5.82 Å². The fraction of sp³-hybridized carbons (Fsp3) is 0.333. The van der Waals surface area contributed by atoms with Crippen LogP contribution in [-0.2, 0) is 12.8 Å². The number of hydrogen-bond donors (Lipinski definition) is 2. The number of fused-ring (bicyclic) bond motifs is 1. The molecule has 3 rings (SSSR count). The van der Waals surface area contributed by atoms with Gasteiger partial charge in [-0.1, -0.05) is 18.5 Å². The second-order valence-electron chi connectivity index (χ2n) is 5.44. The van der Waals surface area contributed by atoms with Gasteiger partial charge in [-0.05, 0) is 55.6 Å². The smallest absolute Gasteiger partial charge is 0.189 e. The Morgan fingerprint density at radius 1 is 1.45 bits per heavy atom. The number of halogens is 2. The molecule has 1 aromatic carbocycles. The van der Waals surface area contributed by atoms with Crippen molar-refractivity contribution in [3.63, 3.8) is 0 Å². The monoisotopic (exact) mass is 355 g/mol. The lowest BCUT2D eigenvalue weighted by Crippen LogP contribution is -2.19. The largest absolute Gasteiger partial charge is 0.332 e. The van der Waals surface area contributed by atoms with Crippen LogP contribution in [0.25, 0.3) is 0 Å². The van der Waals surface area contributed by atoms with Crippen LogP contribution >= 0.6 is 35.2 Å². The summed E-state index contributed by atoms with van der Waals surface area (Å²) in [5.74, 6) is 0.264. The maximum Gasteiger partial charge on any atom is 0.189 e. The van der Waals surface area contributed by atoms with E-state index in [4.69, 9.17) is 23.8 Å². The van der Waals surface area contributed by atoms with Crippen LogP contribution in [0.5, 0.6) is 0 Å². The quantitative estimate of drug-likeness (QED) is 0.753. The van der Waals surface area contributed by atoms with Gasteiger partial charge in [-0.25, -0.2) is 9.37 Å². The molecule has 1 aliphatic carbocycles. The molecule has 0 bridgehead atoms. The number of benzene rings is 1. The molecule has 2 aromatic rings. The molecule has 0 radical (unpaired) electrons. The summed E-state index contributed by atoms with van der Waals surface area (Å²) >= 11 is 12.7. The molecule has 0 saturated carbocycles. The van der Waals surface area contributed by atoms with Crippen LogP contribution in [0, 0.1) is 11.7 Å². The van der Waals surface area contributed by atoms with Crippen LogP contribution in [-0.4, -0.2) is 10.1 Å². The van der Waals surface area contributed by atoms with Crippen molar-refractivity contribution in [2.45, 2.75) is 26.2 Å². The van der Waals surface area contributed by atoms with Gasteiger partial charge in [0.2, 0.25) is 0 Å². The lowest BCUT2D eigenvalue weighted by atomic mass is 9.93. The summed E-state index contributed by atoms with van der Waals surface area (Å²) in [6.07, 6.45) is 3.30. The minimum absolute atomic E-state index is 0.0616. The van der Waals surface area contributed by atoms with Crippen molar-refractivity contribution in [1.82, 2.24) is 4.98 Å². The van der Waals surface area contributed by atoms with E-state index < -0.39 is 5.82 Å². The van der Waals surface area contributed by atoms with Crippen LogP contribution in [0.4, 0.5) is 15.2 Å². The first-order chi connectivity index (χ1) is 10.5. The number of thiazole rings is 1. The summed E-state index contributed by atoms with van der Waals surface area (Å²) in [4.78, 5) is 5.93. The molecule has 1 unspecified atom stereocenters. The zero-order valence-electron chi connectivity index (χ0n) is 12.0. The van der Waals surface area contributed by atoms with Crippen LogP contribution in [0.3, 0.4) is 0 Å². The van der Waals surface area contributed by atoms with E-state index in [2.05, 4.69) is 22.5 Å². The van der Waals surface area contributed by atoms with Crippen molar-refractivity contribution in [3.05, 3.63) is 39.6 Å². The molecule has 7 heteroatoms. The molecular weight excluding hydrogens is 341 g/mol. The molecule has 0 amide bonds. The molecule has 22 heavy (non-hydrogen) atoms. The number of nitrogens with zero attached hydrogens (tertiary/aromatic N) is 1.